The van der Waals surface area contributed by atoms with Gasteiger partial charge in [-0.2, -0.15) is 0 Å². The van der Waals surface area contributed by atoms with E-state index >= 15 is 0 Å². The molecule has 0 spiro atoms. The van der Waals surface area contributed by atoms with Crippen LogP contribution in [-0.4, -0.2) is 24.5 Å². The van der Waals surface area contributed by atoms with Gasteiger partial charge in [0.15, 0.2) is 0 Å². The molecule has 0 aromatic heterocycles. The number of amides is 1. The van der Waals surface area contributed by atoms with Crippen LogP contribution >= 0.6 is 0 Å². The number of nitrogens with two attached hydrogens (primary N) is 1. The first-order valence-electron chi connectivity index (χ1n) is 5.26. The van der Waals surface area contributed by atoms with E-state index in [1.807, 2.05) is 0 Å². The van der Waals surface area contributed by atoms with E-state index in [0.717, 1.165) is 18.5 Å². The van der Waals surface area contributed by atoms with Crippen molar-refractivity contribution >= 4 is 5.91 Å². The van der Waals surface area contributed by atoms with E-state index in [0.29, 0.717) is 12.6 Å². The Morgan fingerprint density at radius 1 is 1.43 bits per heavy atom. The second-order valence-electron chi connectivity index (χ2n) is 4.09. The van der Waals surface area contributed by atoms with Crippen LogP contribution in [0.1, 0.15) is 25.7 Å². The van der Waals surface area contributed by atoms with Gasteiger partial charge in [-0.15, -0.1) is 0 Å². The van der Waals surface area contributed by atoms with Crippen LogP contribution in [0.5, 0.6) is 0 Å². The molecule has 0 radical (unpaired) electrons. The Bertz CT molecular complexity index is 262. The van der Waals surface area contributed by atoms with Crippen LogP contribution in [0.4, 0.5) is 0 Å². The summed E-state index contributed by atoms with van der Waals surface area (Å²) < 4.78 is 0. The van der Waals surface area contributed by atoms with Gasteiger partial charge in [-0.1, -0.05) is 12.8 Å². The molecule has 1 amide bonds. The fourth-order valence-corrected chi connectivity index (χ4v) is 2.11. The molecule has 4 N–H and O–H groups in total. The summed E-state index contributed by atoms with van der Waals surface area (Å²) in [4.78, 5) is 10.9. The molecule has 2 aliphatic rings. The minimum atomic E-state index is -0.00289. The maximum atomic E-state index is 10.9. The summed E-state index contributed by atoms with van der Waals surface area (Å²) in [6, 6.07) is 0.586. The van der Waals surface area contributed by atoms with Crippen LogP contribution in [0.15, 0.2) is 11.8 Å². The maximum Gasteiger partial charge on any atom is 0.246 e. The Morgan fingerprint density at radius 3 is 2.86 bits per heavy atom. The molecule has 1 saturated carbocycles. The summed E-state index contributed by atoms with van der Waals surface area (Å²) in [7, 11) is 0. The average Bonchev–Trinajstić information content (AvgIpc) is 2.56. The number of carbonyl (C=O) groups excluding carboxylic acids is 1. The van der Waals surface area contributed by atoms with Gasteiger partial charge in [-0.05, 0) is 12.8 Å². The van der Waals surface area contributed by atoms with Crippen molar-refractivity contribution in [3.8, 4) is 0 Å². The Balaban J connectivity index is 1.89. The van der Waals surface area contributed by atoms with E-state index in [4.69, 9.17) is 5.73 Å². The molecular weight excluding hydrogens is 178 g/mol. The van der Waals surface area contributed by atoms with E-state index in [9.17, 15) is 4.79 Å². The highest BCUT2D eigenvalue weighted by molar-refractivity contribution is 5.90. The SMILES string of the molecule is NC1CCCCC1NC1=CC(=O)NC1. The second-order valence-corrected chi connectivity index (χ2v) is 4.09. The van der Waals surface area contributed by atoms with Crippen LogP contribution in [0.2, 0.25) is 0 Å². The average molecular weight is 195 g/mol. The molecule has 2 unspecified atom stereocenters. The summed E-state index contributed by atoms with van der Waals surface area (Å²) in [6.45, 7) is 0.627. The minimum absolute atomic E-state index is 0.00289. The van der Waals surface area contributed by atoms with Gasteiger partial charge in [0.1, 0.15) is 0 Å². The van der Waals surface area contributed by atoms with Crippen LogP contribution in [0.3, 0.4) is 0 Å². The fourth-order valence-electron chi connectivity index (χ4n) is 2.11. The normalized spacial score (nSPS) is 32.4. The monoisotopic (exact) mass is 195 g/mol. The predicted octanol–water partition coefficient (Wildman–Crippen LogP) is -0.140. The first-order valence-corrected chi connectivity index (χ1v) is 5.26. The Labute approximate surface area is 83.9 Å². The van der Waals surface area contributed by atoms with Gasteiger partial charge < -0.3 is 16.4 Å². The lowest BCUT2D eigenvalue weighted by molar-refractivity contribution is -0.115. The van der Waals surface area contributed by atoms with Gasteiger partial charge in [0.25, 0.3) is 0 Å². The van der Waals surface area contributed by atoms with Crippen molar-refractivity contribution in [1.29, 1.82) is 0 Å². The summed E-state index contributed by atoms with van der Waals surface area (Å²) in [5.41, 5.74) is 6.98. The standard InChI is InChI=1S/C10H17N3O/c11-8-3-1-2-4-9(8)13-7-5-10(14)12-6-7/h5,8-9,13H,1-4,6,11H2,(H,12,14). The van der Waals surface area contributed by atoms with Gasteiger partial charge in [0, 0.05) is 23.9 Å². The molecule has 0 bridgehead atoms. The number of carbonyl (C=O) groups is 1. The molecule has 1 heterocycles. The van der Waals surface area contributed by atoms with E-state index in [-0.39, 0.29) is 11.9 Å². The van der Waals surface area contributed by atoms with Crippen molar-refractivity contribution in [2.45, 2.75) is 37.8 Å². The van der Waals surface area contributed by atoms with Crippen molar-refractivity contribution in [2.75, 3.05) is 6.54 Å². The topological polar surface area (TPSA) is 67.1 Å². The summed E-state index contributed by atoms with van der Waals surface area (Å²) in [5.74, 6) is -0.00289. The Kier molecular flexibility index (Phi) is 2.72. The molecule has 2 atom stereocenters. The van der Waals surface area contributed by atoms with Crippen molar-refractivity contribution in [3.63, 3.8) is 0 Å². The van der Waals surface area contributed by atoms with Gasteiger partial charge in [0.05, 0.1) is 6.54 Å². The maximum absolute atomic E-state index is 10.9. The zero-order chi connectivity index (χ0) is 9.97. The number of rotatable bonds is 2. The van der Waals surface area contributed by atoms with E-state index < -0.39 is 0 Å². The first-order chi connectivity index (χ1) is 6.75. The van der Waals surface area contributed by atoms with Crippen molar-refractivity contribution < 1.29 is 4.79 Å². The number of nitrogens with one attached hydrogen (secondary N) is 2. The smallest absolute Gasteiger partial charge is 0.246 e. The molecule has 4 nitrogen and oxygen atoms in total. The molecule has 0 saturated heterocycles. The van der Waals surface area contributed by atoms with Crippen LogP contribution in [-0.2, 0) is 4.79 Å². The fraction of sp³-hybridized carbons (Fsp3) is 0.700. The third-order valence-electron chi connectivity index (χ3n) is 2.95. The Morgan fingerprint density at radius 2 is 2.21 bits per heavy atom. The van der Waals surface area contributed by atoms with Gasteiger partial charge in [-0.3, -0.25) is 4.79 Å². The molecule has 1 aliphatic heterocycles. The molecule has 78 valence electrons. The van der Waals surface area contributed by atoms with Crippen LogP contribution < -0.4 is 16.4 Å². The molecule has 4 heteroatoms. The summed E-state index contributed by atoms with van der Waals surface area (Å²) >= 11 is 0. The quantitative estimate of drug-likeness (QED) is 0.574. The van der Waals surface area contributed by atoms with Crippen LogP contribution in [0, 0.1) is 0 Å². The zero-order valence-electron chi connectivity index (χ0n) is 8.25. The summed E-state index contributed by atoms with van der Waals surface area (Å²) in [5, 5.41) is 6.09. The minimum Gasteiger partial charge on any atom is -0.382 e. The van der Waals surface area contributed by atoms with E-state index in [1.54, 1.807) is 6.08 Å². The highest BCUT2D eigenvalue weighted by Crippen LogP contribution is 2.18. The summed E-state index contributed by atoms with van der Waals surface area (Å²) in [6.07, 6.45) is 6.30. The molecule has 2 rings (SSSR count). The molecule has 1 fully saturated rings. The van der Waals surface area contributed by atoms with Gasteiger partial charge >= 0.3 is 0 Å². The van der Waals surface area contributed by atoms with Crippen molar-refractivity contribution in [1.82, 2.24) is 10.6 Å². The highest BCUT2D eigenvalue weighted by Gasteiger charge is 2.23. The molecule has 0 aromatic carbocycles. The third-order valence-corrected chi connectivity index (χ3v) is 2.95. The third kappa shape index (κ3) is 2.07. The molecule has 1 aliphatic carbocycles. The van der Waals surface area contributed by atoms with Crippen LogP contribution in [0.25, 0.3) is 0 Å². The van der Waals surface area contributed by atoms with E-state index in [2.05, 4.69) is 10.6 Å². The van der Waals surface area contributed by atoms with Crippen molar-refractivity contribution in [3.05, 3.63) is 11.8 Å². The largest absolute Gasteiger partial charge is 0.382 e. The lowest BCUT2D eigenvalue weighted by Crippen LogP contribution is -2.47. The first kappa shape index (κ1) is 9.52. The molecule has 0 aromatic rings. The van der Waals surface area contributed by atoms with Crippen molar-refractivity contribution in [2.24, 2.45) is 5.73 Å². The Hall–Kier alpha value is -1.03. The highest BCUT2D eigenvalue weighted by atomic mass is 16.1. The molecular formula is C10H17N3O. The zero-order valence-corrected chi connectivity index (χ0v) is 8.25. The predicted molar refractivity (Wildman–Crippen MR) is 54.5 cm³/mol. The second kappa shape index (κ2) is 4.00. The van der Waals surface area contributed by atoms with Gasteiger partial charge in [0.2, 0.25) is 5.91 Å². The lowest BCUT2D eigenvalue weighted by atomic mass is 9.91. The van der Waals surface area contributed by atoms with Gasteiger partial charge in [-0.25, -0.2) is 0 Å². The lowest BCUT2D eigenvalue weighted by Gasteiger charge is -2.30. The number of hydrogen-bond acceptors (Lipinski definition) is 3. The molecule has 14 heavy (non-hydrogen) atoms. The van der Waals surface area contributed by atoms with E-state index in [1.165, 1.54) is 12.8 Å². The number of hydrogen-bond donors (Lipinski definition) is 3.